The number of hydrogen-bond acceptors (Lipinski definition) is 3. The first-order valence-corrected chi connectivity index (χ1v) is 5.86. The van der Waals surface area contributed by atoms with Gasteiger partial charge < -0.3 is 15.6 Å². The fourth-order valence-corrected chi connectivity index (χ4v) is 1.83. The van der Waals surface area contributed by atoms with Crippen molar-refractivity contribution in [2.75, 3.05) is 0 Å². The van der Waals surface area contributed by atoms with Gasteiger partial charge in [0.2, 0.25) is 0 Å². The molecule has 2 aromatic carbocycles. The van der Waals surface area contributed by atoms with E-state index in [9.17, 15) is 22.7 Å². The number of benzene rings is 2. The van der Waals surface area contributed by atoms with Crippen LogP contribution >= 0.6 is 12.4 Å². The van der Waals surface area contributed by atoms with Crippen LogP contribution in [0.1, 0.15) is 17.2 Å². The number of phenolic OH excluding ortho intramolecular Hbond substituents is 1. The van der Waals surface area contributed by atoms with Crippen LogP contribution in [0, 0.1) is 5.82 Å². The topological polar surface area (TPSA) is 55.5 Å². The number of nitrogens with two attached hydrogens (primary N) is 1. The number of aromatic hydroxyl groups is 1. The summed E-state index contributed by atoms with van der Waals surface area (Å²) >= 11 is 0. The van der Waals surface area contributed by atoms with Crippen LogP contribution < -0.4 is 10.5 Å². The summed E-state index contributed by atoms with van der Waals surface area (Å²) in [6.45, 7) is 0. The van der Waals surface area contributed by atoms with Crippen molar-refractivity contribution >= 4 is 12.4 Å². The summed E-state index contributed by atoms with van der Waals surface area (Å²) in [5, 5.41) is 9.65. The average Bonchev–Trinajstić information content (AvgIpc) is 2.40. The Balaban J connectivity index is 0.00000242. The molecule has 0 bridgehead atoms. The van der Waals surface area contributed by atoms with E-state index in [4.69, 9.17) is 5.73 Å². The zero-order valence-corrected chi connectivity index (χ0v) is 11.8. The van der Waals surface area contributed by atoms with Crippen LogP contribution in [0.2, 0.25) is 0 Å². The number of phenols is 1. The molecule has 0 saturated carbocycles. The first kappa shape index (κ1) is 18.1. The lowest BCUT2D eigenvalue weighted by Gasteiger charge is -2.15. The SMILES string of the molecule is Cl.N[C@H](c1ccc(OC(F)(F)F)cc1)c1cc(F)ccc1O. The maximum atomic E-state index is 13.2. The standard InChI is InChI=1S/C14H11F4NO2.ClH/c15-9-3-6-12(20)11(7-9)13(19)8-1-4-10(5-2-8)21-14(16,17)18;/h1-7,13,20H,19H2;1H/t13-;/m1./s1. The van der Waals surface area contributed by atoms with Crippen molar-refractivity contribution < 1.29 is 27.4 Å². The van der Waals surface area contributed by atoms with Gasteiger partial charge in [0.15, 0.2) is 0 Å². The Bertz CT molecular complexity index is 632. The molecule has 0 heterocycles. The van der Waals surface area contributed by atoms with Crippen molar-refractivity contribution in [2.24, 2.45) is 5.73 Å². The normalized spacial score (nSPS) is 12.4. The van der Waals surface area contributed by atoms with Gasteiger partial charge in [0.25, 0.3) is 0 Å². The lowest BCUT2D eigenvalue weighted by atomic mass is 9.98. The van der Waals surface area contributed by atoms with Crippen LogP contribution in [0.25, 0.3) is 0 Å². The Kier molecular flexibility index (Phi) is 5.62. The maximum Gasteiger partial charge on any atom is 0.573 e. The van der Waals surface area contributed by atoms with Gasteiger partial charge in [-0.05, 0) is 35.9 Å². The highest BCUT2D eigenvalue weighted by Gasteiger charge is 2.31. The molecular weight excluding hydrogens is 326 g/mol. The van der Waals surface area contributed by atoms with Crippen molar-refractivity contribution in [3.8, 4) is 11.5 Å². The van der Waals surface area contributed by atoms with E-state index in [1.54, 1.807) is 0 Å². The van der Waals surface area contributed by atoms with E-state index in [1.807, 2.05) is 0 Å². The molecule has 8 heteroatoms. The van der Waals surface area contributed by atoms with Crippen LogP contribution in [-0.2, 0) is 0 Å². The number of rotatable bonds is 3. The second-order valence-corrected chi connectivity index (χ2v) is 4.30. The van der Waals surface area contributed by atoms with Crippen LogP contribution in [0.3, 0.4) is 0 Å². The molecule has 3 N–H and O–H groups in total. The van der Waals surface area contributed by atoms with Crippen LogP contribution in [0.4, 0.5) is 17.6 Å². The Morgan fingerprint density at radius 1 is 1.05 bits per heavy atom. The predicted molar refractivity (Wildman–Crippen MR) is 74.5 cm³/mol. The summed E-state index contributed by atoms with van der Waals surface area (Å²) in [6.07, 6.45) is -4.77. The number of ether oxygens (including phenoxy) is 1. The van der Waals surface area contributed by atoms with Crippen molar-refractivity contribution in [2.45, 2.75) is 12.4 Å². The predicted octanol–water partition coefficient (Wildman–Crippen LogP) is 3.90. The van der Waals surface area contributed by atoms with Gasteiger partial charge >= 0.3 is 6.36 Å². The summed E-state index contributed by atoms with van der Waals surface area (Å²) in [6, 6.07) is 7.25. The molecule has 0 amide bonds. The Hall–Kier alpha value is -1.99. The molecule has 22 heavy (non-hydrogen) atoms. The van der Waals surface area contributed by atoms with Gasteiger partial charge in [0.1, 0.15) is 17.3 Å². The minimum atomic E-state index is -4.77. The summed E-state index contributed by atoms with van der Waals surface area (Å²) < 4.78 is 53.0. The highest BCUT2D eigenvalue weighted by Crippen LogP contribution is 2.30. The van der Waals surface area contributed by atoms with Crippen LogP contribution in [0.5, 0.6) is 11.5 Å². The van der Waals surface area contributed by atoms with Gasteiger partial charge in [-0.15, -0.1) is 25.6 Å². The van der Waals surface area contributed by atoms with E-state index >= 15 is 0 Å². The van der Waals surface area contributed by atoms with E-state index in [0.29, 0.717) is 5.56 Å². The first-order chi connectivity index (χ1) is 9.76. The molecule has 120 valence electrons. The largest absolute Gasteiger partial charge is 0.573 e. The molecule has 3 nitrogen and oxygen atoms in total. The number of alkyl halides is 3. The van der Waals surface area contributed by atoms with Gasteiger partial charge in [-0.3, -0.25) is 0 Å². The zero-order valence-electron chi connectivity index (χ0n) is 11.0. The van der Waals surface area contributed by atoms with Gasteiger partial charge in [0.05, 0.1) is 6.04 Å². The molecule has 0 aliphatic carbocycles. The molecule has 0 aliphatic heterocycles. The smallest absolute Gasteiger partial charge is 0.508 e. The van der Waals surface area contributed by atoms with E-state index in [0.717, 1.165) is 30.3 Å². The molecule has 0 radical (unpaired) electrons. The molecule has 1 atom stereocenters. The highest BCUT2D eigenvalue weighted by atomic mass is 35.5. The molecule has 2 aromatic rings. The first-order valence-electron chi connectivity index (χ1n) is 5.86. The van der Waals surface area contributed by atoms with E-state index < -0.39 is 18.2 Å². The molecule has 0 saturated heterocycles. The number of halogens is 5. The van der Waals surface area contributed by atoms with Gasteiger partial charge in [-0.1, -0.05) is 12.1 Å². The third-order valence-electron chi connectivity index (χ3n) is 2.80. The third-order valence-corrected chi connectivity index (χ3v) is 2.80. The van der Waals surface area contributed by atoms with E-state index in [1.165, 1.54) is 12.1 Å². The van der Waals surface area contributed by atoms with Gasteiger partial charge in [0, 0.05) is 5.56 Å². The molecular formula is C14H12ClF4NO2. The lowest BCUT2D eigenvalue weighted by molar-refractivity contribution is -0.274. The highest BCUT2D eigenvalue weighted by molar-refractivity contribution is 5.85. The monoisotopic (exact) mass is 337 g/mol. The average molecular weight is 338 g/mol. The second-order valence-electron chi connectivity index (χ2n) is 4.30. The van der Waals surface area contributed by atoms with Crippen LogP contribution in [-0.4, -0.2) is 11.5 Å². The molecule has 0 unspecified atom stereocenters. The van der Waals surface area contributed by atoms with E-state index in [2.05, 4.69) is 4.74 Å². The van der Waals surface area contributed by atoms with Gasteiger partial charge in [-0.25, -0.2) is 4.39 Å². The Labute approximate surface area is 129 Å². The quantitative estimate of drug-likeness (QED) is 0.835. The third kappa shape index (κ3) is 4.51. The molecule has 2 rings (SSSR count). The molecule has 0 fully saturated rings. The lowest BCUT2D eigenvalue weighted by Crippen LogP contribution is -2.17. The van der Waals surface area contributed by atoms with Crippen LogP contribution in [0.15, 0.2) is 42.5 Å². The minimum absolute atomic E-state index is 0. The molecule has 0 aromatic heterocycles. The minimum Gasteiger partial charge on any atom is -0.508 e. The number of hydrogen-bond donors (Lipinski definition) is 2. The summed E-state index contributed by atoms with van der Waals surface area (Å²) in [7, 11) is 0. The fourth-order valence-electron chi connectivity index (χ4n) is 1.83. The van der Waals surface area contributed by atoms with Crippen molar-refractivity contribution in [1.29, 1.82) is 0 Å². The molecule has 0 spiro atoms. The maximum absolute atomic E-state index is 13.2. The van der Waals surface area contributed by atoms with Crippen molar-refractivity contribution in [3.63, 3.8) is 0 Å². The fraction of sp³-hybridized carbons (Fsp3) is 0.143. The summed E-state index contributed by atoms with van der Waals surface area (Å²) in [4.78, 5) is 0. The van der Waals surface area contributed by atoms with Gasteiger partial charge in [-0.2, -0.15) is 0 Å². The molecule has 0 aliphatic rings. The second kappa shape index (κ2) is 6.85. The summed E-state index contributed by atoms with van der Waals surface area (Å²) in [5.41, 5.74) is 6.42. The zero-order chi connectivity index (χ0) is 15.6. The van der Waals surface area contributed by atoms with E-state index in [-0.39, 0.29) is 29.5 Å². The van der Waals surface area contributed by atoms with Crippen molar-refractivity contribution in [1.82, 2.24) is 0 Å². The summed E-state index contributed by atoms with van der Waals surface area (Å²) in [5.74, 6) is -1.16. The Morgan fingerprint density at radius 2 is 1.64 bits per heavy atom. The Morgan fingerprint density at radius 3 is 2.18 bits per heavy atom. The van der Waals surface area contributed by atoms with Crippen molar-refractivity contribution in [3.05, 3.63) is 59.4 Å².